The van der Waals surface area contributed by atoms with Crippen molar-refractivity contribution >= 4 is 36.9 Å². The van der Waals surface area contributed by atoms with Crippen molar-refractivity contribution in [1.82, 2.24) is 0 Å². The van der Waals surface area contributed by atoms with Crippen LogP contribution in [-0.4, -0.2) is 8.44 Å². The summed E-state index contributed by atoms with van der Waals surface area (Å²) < 4.78 is 8.74. The molecule has 0 unspecified atom stereocenters. The van der Waals surface area contributed by atoms with Crippen LogP contribution in [0.3, 0.4) is 0 Å². The minimum atomic E-state index is 0.269. The van der Waals surface area contributed by atoms with Crippen molar-refractivity contribution in [2.45, 2.75) is 0 Å². The Labute approximate surface area is 68.8 Å². The van der Waals surface area contributed by atoms with Crippen LogP contribution >= 0.6 is 20.7 Å². The van der Waals surface area contributed by atoms with Gasteiger partial charge in [-0.15, -0.1) is 20.7 Å². The summed E-state index contributed by atoms with van der Waals surface area (Å²) in [7, 11) is 0. The van der Waals surface area contributed by atoms with E-state index in [2.05, 4.69) is 16.2 Å². The van der Waals surface area contributed by atoms with Crippen LogP contribution in [0.4, 0.5) is 0 Å². The summed E-state index contributed by atoms with van der Waals surface area (Å²) in [5.74, 6) is 0. The molecule has 1 aliphatic rings. The highest BCUT2D eigenvalue weighted by Crippen LogP contribution is 1.95. The van der Waals surface area contributed by atoms with Gasteiger partial charge in [0.05, 0.1) is 6.26 Å². The number of hydrogen-bond acceptors (Lipinski definition) is 1. The molecule has 0 saturated heterocycles. The minimum absolute atomic E-state index is 0.269. The Morgan fingerprint density at radius 1 is 1.50 bits per heavy atom. The number of halogens is 1. The minimum Gasteiger partial charge on any atom is -0.465 e. The first-order valence-electron chi connectivity index (χ1n) is 3.12. The molecule has 0 spiro atoms. The zero-order valence-corrected chi connectivity index (χ0v) is 7.54. The summed E-state index contributed by atoms with van der Waals surface area (Å²) in [6.45, 7) is 0. The molecule has 1 aromatic heterocycles. The highest BCUT2D eigenvalue weighted by Gasteiger charge is 1.88. The van der Waals surface area contributed by atoms with E-state index < -0.39 is 0 Å². The number of fused-ring (bicyclic) bond motifs is 1. The topological polar surface area (TPSA) is 13.1 Å². The Morgan fingerprint density at radius 2 is 2.50 bits per heavy atom. The van der Waals surface area contributed by atoms with E-state index in [0.717, 1.165) is 5.42 Å². The van der Waals surface area contributed by atoms with E-state index in [9.17, 15) is 0 Å². The van der Waals surface area contributed by atoms with Gasteiger partial charge in [-0.3, -0.25) is 0 Å². The van der Waals surface area contributed by atoms with Gasteiger partial charge in [0.15, 0.2) is 0 Å². The van der Waals surface area contributed by atoms with E-state index in [-0.39, 0.29) is 20.7 Å². The molecule has 1 nitrogen and oxygen atoms in total. The largest absolute Gasteiger partial charge is 0.465 e. The molecule has 0 aliphatic carbocycles. The summed E-state index contributed by atoms with van der Waals surface area (Å²) in [5, 5.41) is 1.23. The van der Waals surface area contributed by atoms with Gasteiger partial charge in [0.1, 0.15) is 5.42 Å². The van der Waals surface area contributed by atoms with Crippen LogP contribution in [0, 0.1) is 0 Å². The Balaban J connectivity index is 2.82. The summed E-state index contributed by atoms with van der Waals surface area (Å²) in [6.07, 6.45) is 6.09. The summed E-state index contributed by atoms with van der Waals surface area (Å²) in [6, 6.07) is 2.01. The predicted molar refractivity (Wildman–Crippen MR) is 51.8 cm³/mol. The van der Waals surface area contributed by atoms with Gasteiger partial charge in [-0.2, -0.15) is 0 Å². The molecule has 0 radical (unpaired) electrons. The van der Waals surface area contributed by atoms with Gasteiger partial charge in [-0.05, 0) is 22.2 Å². The summed E-state index contributed by atoms with van der Waals surface area (Å²) in [5.41, 5.74) is 1.05. The standard InChI is InChI=1S/C8H7IO/c1-4-9-5-2-8-7(1)3-6-10-8/h1-4,6H,5H2. The zero-order valence-electron chi connectivity index (χ0n) is 5.38. The summed E-state index contributed by atoms with van der Waals surface area (Å²) in [4.78, 5) is 0. The lowest BCUT2D eigenvalue weighted by Crippen LogP contribution is -2.18. The summed E-state index contributed by atoms with van der Waals surface area (Å²) >= 11 is 0.269. The molecule has 52 valence electrons. The lowest BCUT2D eigenvalue weighted by Gasteiger charge is -1.73. The van der Waals surface area contributed by atoms with Crippen LogP contribution in [0.2, 0.25) is 0 Å². The smallest absolute Gasteiger partial charge is 0.130 e. The third kappa shape index (κ3) is 1.08. The van der Waals surface area contributed by atoms with Gasteiger partial charge in [0.25, 0.3) is 0 Å². The van der Waals surface area contributed by atoms with Crippen molar-refractivity contribution in [2.75, 3.05) is 4.43 Å². The fourth-order valence-electron chi connectivity index (χ4n) is 0.913. The Kier molecular flexibility index (Phi) is 1.71. The molecule has 0 fully saturated rings. The van der Waals surface area contributed by atoms with E-state index in [0.29, 0.717) is 0 Å². The molecule has 1 aromatic rings. The highest BCUT2D eigenvalue weighted by atomic mass is 127. The average molecular weight is 246 g/mol. The third-order valence-corrected chi connectivity index (χ3v) is 3.23. The first kappa shape index (κ1) is 6.34. The van der Waals surface area contributed by atoms with E-state index in [1.54, 1.807) is 6.26 Å². The molecular weight excluding hydrogens is 239 g/mol. The van der Waals surface area contributed by atoms with Crippen molar-refractivity contribution in [3.05, 3.63) is 23.0 Å². The molecule has 2 heterocycles. The Hall–Kier alpha value is -0.380. The third-order valence-electron chi connectivity index (χ3n) is 1.41. The Morgan fingerprint density at radius 3 is 3.50 bits per heavy atom. The number of furan rings is 1. The van der Waals surface area contributed by atoms with Gasteiger partial charge < -0.3 is 4.42 Å². The predicted octanol–water partition coefficient (Wildman–Crippen LogP) is 0.627. The average Bonchev–Trinajstić information content (AvgIpc) is 2.28. The maximum absolute atomic E-state index is 5.25. The lowest BCUT2D eigenvalue weighted by molar-refractivity contribution is 0.531. The molecule has 1 aliphatic heterocycles. The monoisotopic (exact) mass is 246 g/mol. The van der Waals surface area contributed by atoms with Gasteiger partial charge in [0.2, 0.25) is 0 Å². The van der Waals surface area contributed by atoms with E-state index in [1.165, 1.54) is 9.65 Å². The van der Waals surface area contributed by atoms with Gasteiger partial charge in [0, 0.05) is 9.65 Å². The molecule has 0 amide bonds. The molecule has 2 heteroatoms. The van der Waals surface area contributed by atoms with Crippen LogP contribution in [0.5, 0.6) is 0 Å². The quantitative estimate of drug-likeness (QED) is 0.483. The van der Waals surface area contributed by atoms with Gasteiger partial charge >= 0.3 is 0 Å². The second-order valence-electron chi connectivity index (χ2n) is 2.05. The van der Waals surface area contributed by atoms with E-state index in [1.807, 2.05) is 6.07 Å². The number of hydrogen-bond donors (Lipinski definition) is 0. The number of alkyl halides is 1. The molecular formula is C8H7IO. The second-order valence-corrected chi connectivity index (χ2v) is 4.53. The molecule has 0 saturated carbocycles. The first-order valence-corrected chi connectivity index (χ1v) is 5.89. The van der Waals surface area contributed by atoms with Crippen molar-refractivity contribution < 1.29 is 4.42 Å². The fourth-order valence-corrected chi connectivity index (χ4v) is 2.50. The normalized spacial score (nSPS) is 15.6. The Bertz CT molecular complexity index is 359. The maximum atomic E-state index is 5.25. The SMILES string of the molecule is C1=ICC=c2occc2=C1. The maximum Gasteiger partial charge on any atom is 0.130 e. The van der Waals surface area contributed by atoms with Gasteiger partial charge in [-0.25, -0.2) is 0 Å². The van der Waals surface area contributed by atoms with E-state index in [4.69, 9.17) is 4.42 Å². The number of rotatable bonds is 0. The highest BCUT2D eigenvalue weighted by molar-refractivity contribution is 14.2. The van der Waals surface area contributed by atoms with E-state index >= 15 is 0 Å². The van der Waals surface area contributed by atoms with Crippen LogP contribution in [0.1, 0.15) is 0 Å². The van der Waals surface area contributed by atoms with Crippen molar-refractivity contribution in [1.29, 1.82) is 0 Å². The van der Waals surface area contributed by atoms with Crippen molar-refractivity contribution in [3.8, 4) is 0 Å². The second kappa shape index (κ2) is 2.70. The zero-order chi connectivity index (χ0) is 6.81. The van der Waals surface area contributed by atoms with Crippen LogP contribution in [0.15, 0.2) is 16.7 Å². The lowest BCUT2D eigenvalue weighted by atomic mass is 10.4. The van der Waals surface area contributed by atoms with Crippen LogP contribution in [-0.2, 0) is 0 Å². The fraction of sp³-hybridized carbons (Fsp3) is 0.125. The first-order chi connectivity index (χ1) is 4.97. The molecule has 0 aromatic carbocycles. The molecule has 10 heavy (non-hydrogen) atoms. The molecule has 0 bridgehead atoms. The van der Waals surface area contributed by atoms with Crippen molar-refractivity contribution in [2.24, 2.45) is 0 Å². The van der Waals surface area contributed by atoms with Crippen LogP contribution < -0.4 is 10.6 Å². The molecule has 0 N–H and O–H groups in total. The van der Waals surface area contributed by atoms with Crippen LogP contribution in [0.25, 0.3) is 12.2 Å². The van der Waals surface area contributed by atoms with Crippen molar-refractivity contribution in [3.63, 3.8) is 0 Å². The molecule has 2 rings (SSSR count). The van der Waals surface area contributed by atoms with Gasteiger partial charge in [-0.1, -0.05) is 0 Å². The molecule has 0 atom stereocenters.